The molecule has 0 atom stereocenters. The summed E-state index contributed by atoms with van der Waals surface area (Å²) in [7, 11) is 0. The number of amides is 2. The second-order valence-corrected chi connectivity index (χ2v) is 10.7. The molecule has 0 unspecified atom stereocenters. The average Bonchev–Trinajstić information content (AvgIpc) is 3.49. The molecule has 0 saturated carbocycles. The third-order valence-electron chi connectivity index (χ3n) is 6.77. The SMILES string of the molecule is CC(C)(C)c1cc(-c2ccc(F)cc2)nn2cc(C(=O)N3CCN(C4=CCN=C4)C(=O)C3(C)C)nc12. The number of halogens is 1. The first-order valence-corrected chi connectivity index (χ1v) is 12.0. The van der Waals surface area contributed by atoms with Crippen LogP contribution in [0.1, 0.15) is 50.7 Å². The Hall–Kier alpha value is -3.88. The molecule has 0 radical (unpaired) electrons. The van der Waals surface area contributed by atoms with E-state index in [1.165, 1.54) is 12.1 Å². The van der Waals surface area contributed by atoms with E-state index >= 15 is 0 Å². The number of rotatable bonds is 3. The van der Waals surface area contributed by atoms with E-state index < -0.39 is 5.54 Å². The Bertz CT molecular complexity index is 1430. The van der Waals surface area contributed by atoms with Crippen molar-refractivity contribution >= 4 is 23.7 Å². The number of carbonyl (C=O) groups is 2. The maximum absolute atomic E-state index is 13.7. The molecule has 0 aliphatic carbocycles. The number of piperazine rings is 1. The van der Waals surface area contributed by atoms with Crippen LogP contribution in [0.25, 0.3) is 16.9 Å². The molecule has 1 saturated heterocycles. The van der Waals surface area contributed by atoms with E-state index in [0.29, 0.717) is 31.0 Å². The molecule has 0 bridgehead atoms. The van der Waals surface area contributed by atoms with Gasteiger partial charge in [-0.05, 0) is 55.7 Å². The van der Waals surface area contributed by atoms with Crippen molar-refractivity contribution in [2.75, 3.05) is 19.6 Å². The molecule has 2 aliphatic heterocycles. The Morgan fingerprint density at radius 3 is 2.47 bits per heavy atom. The Morgan fingerprint density at radius 2 is 1.83 bits per heavy atom. The maximum atomic E-state index is 13.7. The number of hydrogen-bond acceptors (Lipinski definition) is 5. The molecule has 2 amide bonds. The number of imidazole rings is 1. The van der Waals surface area contributed by atoms with Gasteiger partial charge in [0.1, 0.15) is 17.1 Å². The van der Waals surface area contributed by atoms with E-state index in [2.05, 4.69) is 35.8 Å². The zero-order valence-corrected chi connectivity index (χ0v) is 21.1. The summed E-state index contributed by atoms with van der Waals surface area (Å²) in [4.78, 5) is 39.1. The van der Waals surface area contributed by atoms with Crippen LogP contribution < -0.4 is 0 Å². The quantitative estimate of drug-likeness (QED) is 0.561. The Kier molecular flexibility index (Phi) is 5.54. The maximum Gasteiger partial charge on any atom is 0.275 e. The molecule has 2 aromatic heterocycles. The lowest BCUT2D eigenvalue weighted by Crippen LogP contribution is -2.64. The van der Waals surface area contributed by atoms with Crippen LogP contribution in [-0.4, -0.2) is 67.6 Å². The molecule has 0 N–H and O–H groups in total. The topological polar surface area (TPSA) is 83.2 Å². The molecule has 1 fully saturated rings. The number of allylic oxidation sites excluding steroid dienone is 1. The van der Waals surface area contributed by atoms with Crippen LogP contribution in [0.4, 0.5) is 4.39 Å². The van der Waals surface area contributed by atoms with E-state index in [4.69, 9.17) is 0 Å². The monoisotopic (exact) mass is 488 g/mol. The van der Waals surface area contributed by atoms with Gasteiger partial charge in [0.2, 0.25) is 0 Å². The molecule has 9 heteroatoms. The smallest absolute Gasteiger partial charge is 0.275 e. The molecule has 1 aromatic carbocycles. The van der Waals surface area contributed by atoms with E-state index in [9.17, 15) is 14.0 Å². The Balaban J connectivity index is 1.53. The van der Waals surface area contributed by atoms with Crippen LogP contribution in [-0.2, 0) is 10.2 Å². The highest BCUT2D eigenvalue weighted by molar-refractivity contribution is 6.01. The Morgan fingerprint density at radius 1 is 1.11 bits per heavy atom. The number of nitrogens with zero attached hydrogens (tertiary/aromatic N) is 6. The lowest BCUT2D eigenvalue weighted by molar-refractivity contribution is -0.143. The fourth-order valence-electron chi connectivity index (χ4n) is 4.69. The predicted molar refractivity (Wildman–Crippen MR) is 135 cm³/mol. The minimum absolute atomic E-state index is 0.155. The van der Waals surface area contributed by atoms with Crippen molar-refractivity contribution in [2.45, 2.75) is 45.6 Å². The van der Waals surface area contributed by atoms with Crippen molar-refractivity contribution in [3.63, 3.8) is 0 Å². The third-order valence-corrected chi connectivity index (χ3v) is 6.77. The number of aromatic nitrogens is 3. The molecule has 2 aliphatic rings. The first-order chi connectivity index (χ1) is 17.0. The normalized spacial score (nSPS) is 17.7. The lowest BCUT2D eigenvalue weighted by atomic mass is 9.87. The third kappa shape index (κ3) is 3.98. The summed E-state index contributed by atoms with van der Waals surface area (Å²) in [6.45, 7) is 11.0. The largest absolute Gasteiger partial charge is 0.321 e. The van der Waals surface area contributed by atoms with Crippen molar-refractivity contribution in [2.24, 2.45) is 4.99 Å². The van der Waals surface area contributed by atoms with Crippen molar-refractivity contribution in [1.29, 1.82) is 0 Å². The standard InChI is InChI=1S/C27H29FN6O2/c1-26(2,3)20-14-21(17-6-8-18(28)9-7-17)31-34-16-22(30-23(20)34)24(35)33-13-12-32(19-10-11-29-15-19)25(36)27(33,4)5/h6-10,14-16H,11-13H2,1-5H3. The van der Waals surface area contributed by atoms with Crippen LogP contribution in [0.5, 0.6) is 0 Å². The number of benzene rings is 1. The molecular weight excluding hydrogens is 459 g/mol. The molecule has 8 nitrogen and oxygen atoms in total. The zero-order chi connectivity index (χ0) is 25.8. The zero-order valence-electron chi connectivity index (χ0n) is 21.1. The van der Waals surface area contributed by atoms with Gasteiger partial charge in [-0.15, -0.1) is 0 Å². The average molecular weight is 489 g/mol. The fourth-order valence-corrected chi connectivity index (χ4v) is 4.69. The first kappa shape index (κ1) is 23.8. The summed E-state index contributed by atoms with van der Waals surface area (Å²) < 4.78 is 15.1. The number of aliphatic imine (C=N–C) groups is 1. The van der Waals surface area contributed by atoms with Crippen molar-refractivity contribution in [1.82, 2.24) is 24.4 Å². The van der Waals surface area contributed by atoms with E-state index in [1.54, 1.807) is 52.7 Å². The minimum Gasteiger partial charge on any atom is -0.321 e. The summed E-state index contributed by atoms with van der Waals surface area (Å²) in [5, 5.41) is 4.68. The van der Waals surface area contributed by atoms with Crippen LogP contribution in [0.2, 0.25) is 0 Å². The van der Waals surface area contributed by atoms with E-state index in [-0.39, 0.29) is 28.7 Å². The van der Waals surface area contributed by atoms with Crippen molar-refractivity contribution in [3.8, 4) is 11.3 Å². The van der Waals surface area contributed by atoms with E-state index in [1.807, 2.05) is 12.1 Å². The summed E-state index contributed by atoms with van der Waals surface area (Å²) in [5.74, 6) is -0.798. The van der Waals surface area contributed by atoms with Crippen molar-refractivity contribution in [3.05, 3.63) is 65.4 Å². The molecular formula is C27H29FN6O2. The molecule has 186 valence electrons. The van der Waals surface area contributed by atoms with Gasteiger partial charge in [0, 0.05) is 30.4 Å². The lowest BCUT2D eigenvalue weighted by Gasteiger charge is -2.45. The van der Waals surface area contributed by atoms with Gasteiger partial charge in [-0.2, -0.15) is 5.10 Å². The Labute approximate surface area is 209 Å². The number of hydrogen-bond donors (Lipinski definition) is 0. The van der Waals surface area contributed by atoms with Crippen LogP contribution in [0, 0.1) is 5.82 Å². The van der Waals surface area contributed by atoms with Crippen LogP contribution in [0.15, 0.2) is 53.3 Å². The predicted octanol–water partition coefficient (Wildman–Crippen LogP) is 3.86. The number of fused-ring (bicyclic) bond motifs is 1. The second-order valence-electron chi connectivity index (χ2n) is 10.7. The number of carbonyl (C=O) groups excluding carboxylic acids is 2. The molecule has 36 heavy (non-hydrogen) atoms. The van der Waals surface area contributed by atoms with Gasteiger partial charge in [-0.3, -0.25) is 14.6 Å². The van der Waals surface area contributed by atoms with Crippen LogP contribution >= 0.6 is 0 Å². The van der Waals surface area contributed by atoms with E-state index in [0.717, 1.165) is 16.8 Å². The van der Waals surface area contributed by atoms with Gasteiger partial charge in [0.15, 0.2) is 5.65 Å². The van der Waals surface area contributed by atoms with Gasteiger partial charge in [0.05, 0.1) is 24.1 Å². The summed E-state index contributed by atoms with van der Waals surface area (Å²) in [6, 6.07) is 8.08. The van der Waals surface area contributed by atoms with Crippen LogP contribution in [0.3, 0.4) is 0 Å². The highest BCUT2D eigenvalue weighted by Crippen LogP contribution is 2.31. The highest BCUT2D eigenvalue weighted by Gasteiger charge is 2.46. The van der Waals surface area contributed by atoms with Gasteiger partial charge >= 0.3 is 0 Å². The minimum atomic E-state index is -1.05. The molecule has 0 spiro atoms. The summed E-state index contributed by atoms with van der Waals surface area (Å²) >= 11 is 0. The molecule has 4 heterocycles. The highest BCUT2D eigenvalue weighted by atomic mass is 19.1. The summed E-state index contributed by atoms with van der Waals surface area (Å²) in [6.07, 6.45) is 5.22. The summed E-state index contributed by atoms with van der Waals surface area (Å²) in [5.41, 5.74) is 2.55. The van der Waals surface area contributed by atoms with Gasteiger partial charge in [-0.25, -0.2) is 13.9 Å². The van der Waals surface area contributed by atoms with Gasteiger partial charge in [0.25, 0.3) is 11.8 Å². The van der Waals surface area contributed by atoms with Gasteiger partial charge < -0.3 is 9.80 Å². The second kappa shape index (κ2) is 8.36. The molecule has 5 rings (SSSR count). The van der Waals surface area contributed by atoms with Crippen molar-refractivity contribution < 1.29 is 14.0 Å². The molecule has 3 aromatic rings. The van der Waals surface area contributed by atoms with Gasteiger partial charge in [-0.1, -0.05) is 20.8 Å². The first-order valence-electron chi connectivity index (χ1n) is 12.0. The fraction of sp³-hybridized carbons (Fsp3) is 0.370.